The molecule has 172 valence electrons. The number of hydrogen-bond acceptors (Lipinski definition) is 6. The third-order valence-electron chi connectivity index (χ3n) is 5.13. The number of rotatable bonds is 10. The lowest BCUT2D eigenvalue weighted by atomic mass is 9.81. The van der Waals surface area contributed by atoms with Crippen molar-refractivity contribution in [1.29, 1.82) is 0 Å². The molecule has 1 aliphatic rings. The van der Waals surface area contributed by atoms with Crippen LogP contribution in [0, 0.1) is 17.8 Å². The molecule has 0 spiro atoms. The van der Waals surface area contributed by atoms with E-state index in [0.29, 0.717) is 23.7 Å². The van der Waals surface area contributed by atoms with Crippen LogP contribution in [0.5, 0.6) is 0 Å². The Balaban J connectivity index is 2.18. The number of nitrogens with one attached hydrogen (secondary N) is 3. The van der Waals surface area contributed by atoms with E-state index < -0.39 is 39.7 Å². The summed E-state index contributed by atoms with van der Waals surface area (Å²) in [4.78, 5) is 37.4. The maximum absolute atomic E-state index is 13.0. The Morgan fingerprint density at radius 3 is 2.42 bits per heavy atom. The molecular weight excluding hydrogens is 424 g/mol. The number of sulfonamides is 1. The van der Waals surface area contributed by atoms with E-state index in [4.69, 9.17) is 0 Å². The van der Waals surface area contributed by atoms with Gasteiger partial charge >= 0.3 is 6.03 Å². The Bertz CT molecular complexity index is 875. The summed E-state index contributed by atoms with van der Waals surface area (Å²) in [6.07, 6.45) is 1.82. The van der Waals surface area contributed by atoms with Gasteiger partial charge in [0.25, 0.3) is 10.0 Å². The van der Waals surface area contributed by atoms with Gasteiger partial charge in [0, 0.05) is 6.54 Å². The fourth-order valence-electron chi connectivity index (χ4n) is 3.61. The number of benzene rings is 1. The number of urea groups is 1. The second-order valence-corrected chi connectivity index (χ2v) is 9.92. The van der Waals surface area contributed by atoms with Crippen molar-refractivity contribution >= 4 is 27.9 Å². The number of hydrazine groups is 1. The minimum atomic E-state index is -3.99. The molecule has 0 radical (unpaired) electrons. The van der Waals surface area contributed by atoms with Crippen LogP contribution < -0.4 is 16.2 Å². The molecule has 0 unspecified atom stereocenters. The average Bonchev–Trinajstić information content (AvgIpc) is 2.72. The molecule has 0 aromatic heterocycles. The molecule has 1 heterocycles. The molecule has 0 aliphatic carbocycles. The van der Waals surface area contributed by atoms with Gasteiger partial charge in [-0.25, -0.2) is 24.1 Å². The Hall–Kier alpha value is -2.66. The first-order chi connectivity index (χ1) is 14.7. The van der Waals surface area contributed by atoms with Crippen LogP contribution in [0.1, 0.15) is 38.7 Å². The number of amides is 4. The third kappa shape index (κ3) is 6.93. The summed E-state index contributed by atoms with van der Waals surface area (Å²) >= 11 is 0. The number of carbonyl (C=O) groups is 3. The second-order valence-electron chi connectivity index (χ2n) is 7.98. The highest BCUT2D eigenvalue weighted by Crippen LogP contribution is 2.27. The molecule has 1 aromatic carbocycles. The molecule has 1 fully saturated rings. The SMILES string of the molecule is CC(C)C[C@@H](C(=O)NN1C(=O)NCCS1(=O)=O)[C@H](CCCc1ccccc1)C(=O)NO. The van der Waals surface area contributed by atoms with Gasteiger partial charge in [-0.05, 0) is 37.2 Å². The van der Waals surface area contributed by atoms with E-state index in [1.165, 1.54) is 0 Å². The standard InChI is InChI=1S/C20H30N4O6S/c1-14(2)13-17(18(25)22-24-20(27)21-11-12-31(24,29)30)16(19(26)23-28)10-6-9-15-7-4-3-5-8-15/h3-5,7-8,14,16-17,28H,6,9-13H2,1-2H3,(H,21,27)(H,22,25)(H,23,26)/t16-,17+/m0/s1. The summed E-state index contributed by atoms with van der Waals surface area (Å²) in [5, 5.41) is 11.6. The molecule has 2 rings (SSSR count). The first kappa shape index (κ1) is 24.6. The molecule has 1 aliphatic heterocycles. The highest BCUT2D eigenvalue weighted by Gasteiger charge is 2.39. The first-order valence-electron chi connectivity index (χ1n) is 10.2. The van der Waals surface area contributed by atoms with Crippen molar-refractivity contribution in [3.63, 3.8) is 0 Å². The van der Waals surface area contributed by atoms with Gasteiger partial charge in [-0.2, -0.15) is 0 Å². The predicted molar refractivity (Wildman–Crippen MR) is 113 cm³/mol. The van der Waals surface area contributed by atoms with Crippen molar-refractivity contribution < 1.29 is 28.0 Å². The van der Waals surface area contributed by atoms with Crippen LogP contribution in [0.4, 0.5) is 4.79 Å². The lowest BCUT2D eigenvalue weighted by Crippen LogP contribution is -2.60. The Kier molecular flexibility index (Phi) is 8.81. The monoisotopic (exact) mass is 454 g/mol. The molecule has 0 saturated carbocycles. The lowest BCUT2D eigenvalue weighted by Gasteiger charge is -2.31. The van der Waals surface area contributed by atoms with Gasteiger partial charge in [0.15, 0.2) is 0 Å². The highest BCUT2D eigenvalue weighted by molar-refractivity contribution is 7.89. The highest BCUT2D eigenvalue weighted by atomic mass is 32.2. The van der Waals surface area contributed by atoms with Crippen molar-refractivity contribution in [3.8, 4) is 0 Å². The zero-order valence-corrected chi connectivity index (χ0v) is 18.5. The summed E-state index contributed by atoms with van der Waals surface area (Å²) < 4.78 is 24.7. The van der Waals surface area contributed by atoms with Crippen LogP contribution in [0.3, 0.4) is 0 Å². The van der Waals surface area contributed by atoms with Gasteiger partial charge in [-0.3, -0.25) is 14.8 Å². The Morgan fingerprint density at radius 1 is 1.16 bits per heavy atom. The molecule has 1 aromatic rings. The van der Waals surface area contributed by atoms with E-state index in [2.05, 4.69) is 10.7 Å². The first-order valence-corrected chi connectivity index (χ1v) is 11.9. The minimum absolute atomic E-state index is 0.00524. The maximum atomic E-state index is 13.0. The molecule has 31 heavy (non-hydrogen) atoms. The molecule has 4 amide bonds. The topological polar surface area (TPSA) is 145 Å². The molecular formula is C20H30N4O6S. The van der Waals surface area contributed by atoms with Gasteiger partial charge < -0.3 is 5.32 Å². The lowest BCUT2D eigenvalue weighted by molar-refractivity contribution is -0.142. The van der Waals surface area contributed by atoms with E-state index in [0.717, 1.165) is 5.56 Å². The molecule has 1 saturated heterocycles. The fourth-order valence-corrected chi connectivity index (χ4v) is 4.70. The third-order valence-corrected chi connectivity index (χ3v) is 6.66. The van der Waals surface area contributed by atoms with Gasteiger partial charge in [-0.15, -0.1) is 4.41 Å². The van der Waals surface area contributed by atoms with E-state index in [-0.39, 0.29) is 24.6 Å². The van der Waals surface area contributed by atoms with Crippen molar-refractivity contribution in [1.82, 2.24) is 20.6 Å². The summed E-state index contributed by atoms with van der Waals surface area (Å²) in [7, 11) is -3.99. The molecule has 2 atom stereocenters. The Labute approximate surface area is 182 Å². The fraction of sp³-hybridized carbons (Fsp3) is 0.550. The average molecular weight is 455 g/mol. The van der Waals surface area contributed by atoms with Gasteiger partial charge in [0.1, 0.15) is 0 Å². The number of carbonyl (C=O) groups excluding carboxylic acids is 3. The van der Waals surface area contributed by atoms with Crippen LogP contribution in [0.15, 0.2) is 30.3 Å². The van der Waals surface area contributed by atoms with Gasteiger partial charge in [-0.1, -0.05) is 44.2 Å². The van der Waals surface area contributed by atoms with E-state index >= 15 is 0 Å². The van der Waals surface area contributed by atoms with Crippen LogP contribution in [-0.4, -0.2) is 48.2 Å². The molecule has 10 nitrogen and oxygen atoms in total. The smallest absolute Gasteiger partial charge is 0.335 e. The molecule has 4 N–H and O–H groups in total. The maximum Gasteiger partial charge on any atom is 0.350 e. The van der Waals surface area contributed by atoms with Crippen LogP contribution >= 0.6 is 0 Å². The molecule has 11 heteroatoms. The Morgan fingerprint density at radius 2 is 1.84 bits per heavy atom. The number of hydroxylamine groups is 1. The van der Waals surface area contributed by atoms with Crippen LogP contribution in [0.2, 0.25) is 0 Å². The number of hydrogen-bond donors (Lipinski definition) is 4. The summed E-state index contributed by atoms with van der Waals surface area (Å²) in [6, 6.07) is 8.69. The van der Waals surface area contributed by atoms with Crippen LogP contribution in [0.25, 0.3) is 0 Å². The quantitative estimate of drug-likeness (QED) is 0.309. The second kappa shape index (κ2) is 11.1. The van der Waals surface area contributed by atoms with E-state index in [1.807, 2.05) is 44.2 Å². The largest absolute Gasteiger partial charge is 0.350 e. The van der Waals surface area contributed by atoms with Crippen molar-refractivity contribution in [2.24, 2.45) is 17.8 Å². The summed E-state index contributed by atoms with van der Waals surface area (Å²) in [5.74, 6) is -3.65. The van der Waals surface area contributed by atoms with Crippen molar-refractivity contribution in [3.05, 3.63) is 35.9 Å². The normalized spacial score (nSPS) is 17.5. The molecule has 0 bridgehead atoms. The van der Waals surface area contributed by atoms with Crippen molar-refractivity contribution in [2.75, 3.05) is 12.3 Å². The number of aryl methyl sites for hydroxylation is 1. The van der Waals surface area contributed by atoms with E-state index in [9.17, 15) is 28.0 Å². The zero-order chi connectivity index (χ0) is 23.0. The van der Waals surface area contributed by atoms with Crippen LogP contribution in [-0.2, 0) is 26.0 Å². The summed E-state index contributed by atoms with van der Waals surface area (Å²) in [6.45, 7) is 3.68. The number of nitrogens with zero attached hydrogens (tertiary/aromatic N) is 1. The van der Waals surface area contributed by atoms with Crippen molar-refractivity contribution in [2.45, 2.75) is 39.5 Å². The summed E-state index contributed by atoms with van der Waals surface area (Å²) in [5.41, 5.74) is 4.86. The predicted octanol–water partition coefficient (Wildman–Crippen LogP) is 1.18. The van der Waals surface area contributed by atoms with Gasteiger partial charge in [0.2, 0.25) is 11.8 Å². The van der Waals surface area contributed by atoms with E-state index in [1.54, 1.807) is 5.48 Å². The van der Waals surface area contributed by atoms with Gasteiger partial charge in [0.05, 0.1) is 17.6 Å². The minimum Gasteiger partial charge on any atom is -0.335 e. The zero-order valence-electron chi connectivity index (χ0n) is 17.7.